The third-order valence-corrected chi connectivity index (χ3v) is 5.18. The Balaban J connectivity index is 1.70. The summed E-state index contributed by atoms with van der Waals surface area (Å²) < 4.78 is 11.0. The standard InChI is InChI=1S/C21H32N4O2S/c1-22-21(23-10-9-20-8-5-15-28-20)24-17-18-6-4-7-19(16-18)27-14-12-25(2)11-13-26-3/h4-8,15-16H,9-14,17H2,1-3H3,(H2,22,23,24). The Labute approximate surface area is 172 Å². The summed E-state index contributed by atoms with van der Waals surface area (Å²) in [6.45, 7) is 4.72. The molecule has 28 heavy (non-hydrogen) atoms. The van der Waals surface area contributed by atoms with Crippen LogP contribution in [0.2, 0.25) is 0 Å². The van der Waals surface area contributed by atoms with E-state index in [0.717, 1.165) is 49.9 Å². The van der Waals surface area contributed by atoms with Crippen molar-refractivity contribution in [1.29, 1.82) is 0 Å². The molecule has 6 nitrogen and oxygen atoms in total. The number of likely N-dealkylation sites (N-methyl/N-ethyl adjacent to an activating group) is 1. The summed E-state index contributed by atoms with van der Waals surface area (Å²) >= 11 is 1.78. The summed E-state index contributed by atoms with van der Waals surface area (Å²) in [4.78, 5) is 7.86. The summed E-state index contributed by atoms with van der Waals surface area (Å²) in [5.41, 5.74) is 1.16. The number of aliphatic imine (C=N–C) groups is 1. The molecule has 0 spiro atoms. The van der Waals surface area contributed by atoms with Gasteiger partial charge in [0.2, 0.25) is 0 Å². The minimum absolute atomic E-state index is 0.656. The Bertz CT molecular complexity index is 691. The van der Waals surface area contributed by atoms with Gasteiger partial charge >= 0.3 is 0 Å². The maximum absolute atomic E-state index is 5.88. The zero-order valence-corrected chi connectivity index (χ0v) is 17.9. The highest BCUT2D eigenvalue weighted by atomic mass is 32.1. The van der Waals surface area contributed by atoms with Crippen LogP contribution in [0.1, 0.15) is 10.4 Å². The fourth-order valence-electron chi connectivity index (χ4n) is 2.59. The lowest BCUT2D eigenvalue weighted by molar-refractivity contribution is 0.150. The number of ether oxygens (including phenoxy) is 2. The number of nitrogens with one attached hydrogen (secondary N) is 2. The molecule has 1 aromatic heterocycles. The Kier molecular flexibility index (Phi) is 10.4. The first-order chi connectivity index (χ1) is 13.7. The minimum atomic E-state index is 0.656. The van der Waals surface area contributed by atoms with Crippen LogP contribution in [-0.2, 0) is 17.7 Å². The highest BCUT2D eigenvalue weighted by Gasteiger charge is 2.02. The lowest BCUT2D eigenvalue weighted by Crippen LogP contribution is -2.37. The number of hydrogen-bond donors (Lipinski definition) is 2. The van der Waals surface area contributed by atoms with Crippen LogP contribution in [0.15, 0.2) is 46.8 Å². The first-order valence-electron chi connectivity index (χ1n) is 9.57. The summed E-state index contributed by atoms with van der Waals surface area (Å²) in [6, 6.07) is 12.4. The van der Waals surface area contributed by atoms with Gasteiger partial charge in [0.15, 0.2) is 5.96 Å². The molecule has 0 saturated heterocycles. The van der Waals surface area contributed by atoms with Crippen LogP contribution in [0.4, 0.5) is 0 Å². The lowest BCUT2D eigenvalue weighted by Gasteiger charge is -2.16. The largest absolute Gasteiger partial charge is 0.492 e. The van der Waals surface area contributed by atoms with Crippen molar-refractivity contribution in [3.63, 3.8) is 0 Å². The number of nitrogens with zero attached hydrogens (tertiary/aromatic N) is 2. The Hall–Kier alpha value is -2.09. The number of rotatable bonds is 12. The molecular weight excluding hydrogens is 372 g/mol. The first-order valence-corrected chi connectivity index (χ1v) is 10.5. The molecule has 0 aliphatic carbocycles. The molecule has 0 bridgehead atoms. The number of benzene rings is 1. The van der Waals surface area contributed by atoms with E-state index in [1.165, 1.54) is 4.88 Å². The summed E-state index contributed by atoms with van der Waals surface area (Å²) in [7, 11) is 5.58. The van der Waals surface area contributed by atoms with Crippen molar-refractivity contribution in [2.45, 2.75) is 13.0 Å². The van der Waals surface area contributed by atoms with Crippen molar-refractivity contribution in [2.75, 3.05) is 54.1 Å². The van der Waals surface area contributed by atoms with Crippen LogP contribution in [-0.4, -0.2) is 64.9 Å². The second-order valence-corrected chi connectivity index (χ2v) is 7.51. The van der Waals surface area contributed by atoms with Gasteiger partial charge < -0.3 is 25.0 Å². The van der Waals surface area contributed by atoms with E-state index in [0.29, 0.717) is 13.2 Å². The van der Waals surface area contributed by atoms with Crippen molar-refractivity contribution in [2.24, 2.45) is 4.99 Å². The van der Waals surface area contributed by atoms with Gasteiger partial charge in [0.05, 0.1) is 6.61 Å². The van der Waals surface area contributed by atoms with Crippen LogP contribution in [0.25, 0.3) is 0 Å². The lowest BCUT2D eigenvalue weighted by atomic mass is 10.2. The van der Waals surface area contributed by atoms with Crippen LogP contribution in [0.3, 0.4) is 0 Å². The molecule has 0 atom stereocenters. The van der Waals surface area contributed by atoms with Gasteiger partial charge in [-0.05, 0) is 42.6 Å². The zero-order chi connectivity index (χ0) is 20.0. The van der Waals surface area contributed by atoms with Crippen LogP contribution in [0.5, 0.6) is 5.75 Å². The Morgan fingerprint density at radius 3 is 2.75 bits per heavy atom. The molecule has 0 saturated carbocycles. The number of methoxy groups -OCH3 is 1. The Morgan fingerprint density at radius 1 is 1.14 bits per heavy atom. The second-order valence-electron chi connectivity index (χ2n) is 6.47. The second kappa shape index (κ2) is 13.1. The van der Waals surface area contributed by atoms with Crippen molar-refractivity contribution in [3.8, 4) is 5.75 Å². The molecule has 0 fully saturated rings. The average Bonchev–Trinajstić information content (AvgIpc) is 3.23. The smallest absolute Gasteiger partial charge is 0.191 e. The molecule has 0 radical (unpaired) electrons. The van der Waals surface area contributed by atoms with Gasteiger partial charge in [-0.2, -0.15) is 0 Å². The van der Waals surface area contributed by atoms with Gasteiger partial charge in [0, 0.05) is 45.2 Å². The predicted molar refractivity (Wildman–Crippen MR) is 118 cm³/mol. The normalized spacial score (nSPS) is 11.6. The molecule has 1 aromatic carbocycles. The molecule has 7 heteroatoms. The highest BCUT2D eigenvalue weighted by Crippen LogP contribution is 2.13. The van der Waals surface area contributed by atoms with Gasteiger partial charge in [-0.25, -0.2) is 0 Å². The highest BCUT2D eigenvalue weighted by molar-refractivity contribution is 7.09. The van der Waals surface area contributed by atoms with Crippen molar-refractivity contribution >= 4 is 17.3 Å². The topological polar surface area (TPSA) is 58.1 Å². The van der Waals surface area contributed by atoms with E-state index in [9.17, 15) is 0 Å². The SMILES string of the molecule is CN=C(NCCc1cccs1)NCc1cccc(OCCN(C)CCOC)c1. The fourth-order valence-corrected chi connectivity index (χ4v) is 3.30. The number of guanidine groups is 1. The molecule has 2 N–H and O–H groups in total. The Morgan fingerprint density at radius 2 is 2.00 bits per heavy atom. The van der Waals surface area contributed by atoms with E-state index in [4.69, 9.17) is 9.47 Å². The molecule has 0 aliphatic rings. The van der Waals surface area contributed by atoms with Crippen molar-refractivity contribution < 1.29 is 9.47 Å². The van der Waals surface area contributed by atoms with Crippen molar-refractivity contribution in [3.05, 3.63) is 52.2 Å². The maximum atomic E-state index is 5.88. The van der Waals surface area contributed by atoms with Gasteiger partial charge in [0.1, 0.15) is 12.4 Å². The third kappa shape index (κ3) is 8.73. The van der Waals surface area contributed by atoms with E-state index in [2.05, 4.69) is 57.2 Å². The third-order valence-electron chi connectivity index (χ3n) is 4.24. The van der Waals surface area contributed by atoms with E-state index in [-0.39, 0.29) is 0 Å². The van der Waals surface area contributed by atoms with Crippen LogP contribution < -0.4 is 15.4 Å². The quantitative estimate of drug-likeness (QED) is 0.421. The molecule has 2 rings (SSSR count). The molecule has 154 valence electrons. The molecule has 0 unspecified atom stereocenters. The van der Waals surface area contributed by atoms with Gasteiger partial charge in [0.25, 0.3) is 0 Å². The zero-order valence-electron chi connectivity index (χ0n) is 17.1. The summed E-state index contributed by atoms with van der Waals surface area (Å²) in [6.07, 6.45) is 1.00. The number of thiophene rings is 1. The molecule has 0 amide bonds. The molecule has 1 heterocycles. The molecule has 2 aromatic rings. The van der Waals surface area contributed by atoms with Crippen molar-refractivity contribution in [1.82, 2.24) is 15.5 Å². The van der Waals surface area contributed by atoms with E-state index in [1.807, 2.05) is 12.1 Å². The molecular formula is C21H32N4O2S. The van der Waals surface area contributed by atoms with Gasteiger partial charge in [-0.15, -0.1) is 11.3 Å². The predicted octanol–water partition coefficient (Wildman–Crippen LogP) is 2.61. The van der Waals surface area contributed by atoms with E-state index >= 15 is 0 Å². The number of hydrogen-bond acceptors (Lipinski definition) is 5. The molecule has 0 aliphatic heterocycles. The van der Waals surface area contributed by atoms with Crippen LogP contribution >= 0.6 is 11.3 Å². The monoisotopic (exact) mass is 404 g/mol. The fraction of sp³-hybridized carbons (Fsp3) is 0.476. The first kappa shape index (κ1) is 22.2. The summed E-state index contributed by atoms with van der Waals surface area (Å²) in [5, 5.41) is 8.82. The van der Waals surface area contributed by atoms with Crippen LogP contribution in [0, 0.1) is 0 Å². The average molecular weight is 405 g/mol. The van der Waals surface area contributed by atoms with Gasteiger partial charge in [-0.1, -0.05) is 18.2 Å². The summed E-state index contributed by atoms with van der Waals surface area (Å²) in [5.74, 6) is 1.70. The minimum Gasteiger partial charge on any atom is -0.492 e. The van der Waals surface area contributed by atoms with Gasteiger partial charge in [-0.3, -0.25) is 4.99 Å². The maximum Gasteiger partial charge on any atom is 0.191 e. The van der Waals surface area contributed by atoms with E-state index in [1.54, 1.807) is 25.5 Å². The van der Waals surface area contributed by atoms with E-state index < -0.39 is 0 Å².